The highest BCUT2D eigenvalue weighted by molar-refractivity contribution is 7.90. The molecule has 24 heavy (non-hydrogen) atoms. The van der Waals surface area contributed by atoms with Crippen LogP contribution < -0.4 is 5.32 Å². The lowest BCUT2D eigenvalue weighted by Crippen LogP contribution is -2.10. The molecule has 0 heterocycles. The molecule has 0 aliphatic heterocycles. The van der Waals surface area contributed by atoms with E-state index in [0.29, 0.717) is 0 Å². The molecule has 0 aliphatic carbocycles. The van der Waals surface area contributed by atoms with Crippen molar-refractivity contribution < 1.29 is 22.1 Å². The molecule has 0 atom stereocenters. The zero-order valence-corrected chi connectivity index (χ0v) is 13.4. The van der Waals surface area contributed by atoms with Gasteiger partial charge in [-0.05, 0) is 30.2 Å². The second kappa shape index (κ2) is 6.91. The third-order valence-corrected chi connectivity index (χ3v) is 4.43. The Labute approximate surface area is 137 Å². The van der Waals surface area contributed by atoms with E-state index < -0.39 is 37.0 Å². The summed E-state index contributed by atoms with van der Waals surface area (Å²) in [7, 11) is -3.77. The molecule has 0 saturated carbocycles. The SMILES string of the molecule is CS(=O)(=O)c1cccc(NCCc2ccc(F)cc2F)c1[N+](=O)[O-]. The Kier molecular flexibility index (Phi) is 5.13. The topological polar surface area (TPSA) is 89.3 Å². The van der Waals surface area contributed by atoms with Gasteiger partial charge in [0.15, 0.2) is 9.84 Å². The average Bonchev–Trinajstić information content (AvgIpc) is 2.48. The van der Waals surface area contributed by atoms with Crippen molar-refractivity contribution in [1.82, 2.24) is 0 Å². The zero-order chi connectivity index (χ0) is 17.9. The third-order valence-electron chi connectivity index (χ3n) is 3.31. The maximum atomic E-state index is 13.5. The predicted molar refractivity (Wildman–Crippen MR) is 84.8 cm³/mol. The maximum absolute atomic E-state index is 13.5. The maximum Gasteiger partial charge on any atom is 0.310 e. The molecule has 0 fully saturated rings. The summed E-state index contributed by atoms with van der Waals surface area (Å²) < 4.78 is 49.7. The molecule has 1 N–H and O–H groups in total. The van der Waals surface area contributed by atoms with E-state index in [0.717, 1.165) is 24.5 Å². The van der Waals surface area contributed by atoms with Crippen molar-refractivity contribution in [3.8, 4) is 0 Å². The molecule has 0 aromatic heterocycles. The van der Waals surface area contributed by atoms with E-state index in [1.807, 2.05) is 0 Å². The van der Waals surface area contributed by atoms with Crippen LogP contribution in [0.2, 0.25) is 0 Å². The first kappa shape index (κ1) is 17.8. The fourth-order valence-electron chi connectivity index (χ4n) is 2.21. The Bertz CT molecular complexity index is 885. The molecule has 0 aliphatic rings. The summed E-state index contributed by atoms with van der Waals surface area (Å²) in [4.78, 5) is 10.0. The first-order chi connectivity index (χ1) is 11.2. The summed E-state index contributed by atoms with van der Waals surface area (Å²) in [6, 6.07) is 7.05. The smallest absolute Gasteiger partial charge is 0.310 e. The van der Waals surface area contributed by atoms with Crippen LogP contribution in [-0.4, -0.2) is 26.1 Å². The number of nitrogens with one attached hydrogen (secondary N) is 1. The molecule has 2 aromatic carbocycles. The number of rotatable bonds is 6. The lowest BCUT2D eigenvalue weighted by molar-refractivity contribution is -0.386. The molecule has 2 rings (SSSR count). The van der Waals surface area contributed by atoms with Crippen molar-refractivity contribution in [2.75, 3.05) is 18.1 Å². The summed E-state index contributed by atoms with van der Waals surface area (Å²) >= 11 is 0. The van der Waals surface area contributed by atoms with Crippen molar-refractivity contribution >= 4 is 21.2 Å². The molecule has 128 valence electrons. The number of anilines is 1. The van der Waals surface area contributed by atoms with E-state index in [9.17, 15) is 27.3 Å². The molecule has 2 aromatic rings. The Balaban J connectivity index is 2.22. The number of nitrogens with zero attached hydrogens (tertiary/aromatic N) is 1. The normalized spacial score (nSPS) is 11.3. The monoisotopic (exact) mass is 356 g/mol. The van der Waals surface area contributed by atoms with Crippen LogP contribution in [0.15, 0.2) is 41.3 Å². The fourth-order valence-corrected chi connectivity index (χ4v) is 3.07. The van der Waals surface area contributed by atoms with Crippen LogP contribution in [0.4, 0.5) is 20.2 Å². The number of hydrogen-bond acceptors (Lipinski definition) is 5. The summed E-state index contributed by atoms with van der Waals surface area (Å²) in [5, 5.41) is 13.9. The molecule has 0 unspecified atom stereocenters. The molecule has 0 saturated heterocycles. The highest BCUT2D eigenvalue weighted by Crippen LogP contribution is 2.31. The summed E-state index contributed by atoms with van der Waals surface area (Å²) in [5.41, 5.74) is -0.296. The summed E-state index contributed by atoms with van der Waals surface area (Å²) in [6.07, 6.45) is 1.03. The van der Waals surface area contributed by atoms with Crippen LogP contribution in [0.25, 0.3) is 0 Å². The van der Waals surface area contributed by atoms with Crippen molar-refractivity contribution in [3.05, 3.63) is 63.7 Å². The number of sulfone groups is 1. The van der Waals surface area contributed by atoms with Gasteiger partial charge in [-0.2, -0.15) is 0 Å². The van der Waals surface area contributed by atoms with Gasteiger partial charge in [0.2, 0.25) is 0 Å². The van der Waals surface area contributed by atoms with Gasteiger partial charge in [-0.3, -0.25) is 10.1 Å². The average molecular weight is 356 g/mol. The van der Waals surface area contributed by atoms with Gasteiger partial charge in [-0.25, -0.2) is 17.2 Å². The van der Waals surface area contributed by atoms with Crippen LogP contribution in [0.5, 0.6) is 0 Å². The predicted octanol–water partition coefficient (Wildman–Crippen LogP) is 2.93. The molecule has 6 nitrogen and oxygen atoms in total. The van der Waals surface area contributed by atoms with Gasteiger partial charge in [0.1, 0.15) is 22.2 Å². The van der Waals surface area contributed by atoms with E-state index in [4.69, 9.17) is 0 Å². The van der Waals surface area contributed by atoms with Crippen molar-refractivity contribution in [1.29, 1.82) is 0 Å². The fraction of sp³-hybridized carbons (Fsp3) is 0.200. The van der Waals surface area contributed by atoms with Gasteiger partial charge in [0, 0.05) is 18.9 Å². The van der Waals surface area contributed by atoms with Gasteiger partial charge in [-0.1, -0.05) is 12.1 Å². The standard InChI is InChI=1S/C15H14F2N2O4S/c1-24(22,23)14-4-2-3-13(15(14)19(20)21)18-8-7-10-5-6-11(16)9-12(10)17/h2-6,9,18H,7-8H2,1H3. The molecule has 0 amide bonds. The van der Waals surface area contributed by atoms with Gasteiger partial charge in [-0.15, -0.1) is 0 Å². The molecular weight excluding hydrogens is 342 g/mol. The van der Waals surface area contributed by atoms with Gasteiger partial charge < -0.3 is 5.32 Å². The Hall–Kier alpha value is -2.55. The van der Waals surface area contributed by atoms with Crippen molar-refractivity contribution in [2.45, 2.75) is 11.3 Å². The summed E-state index contributed by atoms with van der Waals surface area (Å²) in [5.74, 6) is -1.41. The number of halogens is 2. The summed E-state index contributed by atoms with van der Waals surface area (Å²) in [6.45, 7) is 0.108. The number of benzene rings is 2. The van der Waals surface area contributed by atoms with Gasteiger partial charge >= 0.3 is 5.69 Å². The van der Waals surface area contributed by atoms with Crippen LogP contribution in [-0.2, 0) is 16.3 Å². The Morgan fingerprint density at radius 1 is 1.21 bits per heavy atom. The minimum Gasteiger partial charge on any atom is -0.379 e. The molecule has 0 spiro atoms. The first-order valence-electron chi connectivity index (χ1n) is 6.85. The molecule has 0 radical (unpaired) electrons. The molecule has 9 heteroatoms. The molecular formula is C15H14F2N2O4S. The van der Waals surface area contributed by atoms with Gasteiger partial charge in [0.25, 0.3) is 0 Å². The number of nitro benzene ring substituents is 1. The largest absolute Gasteiger partial charge is 0.379 e. The Morgan fingerprint density at radius 3 is 2.50 bits per heavy atom. The van der Waals surface area contributed by atoms with E-state index in [-0.39, 0.29) is 24.2 Å². The quantitative estimate of drug-likeness (QED) is 0.635. The minimum atomic E-state index is -3.77. The number of para-hydroxylation sites is 1. The first-order valence-corrected chi connectivity index (χ1v) is 8.74. The highest BCUT2D eigenvalue weighted by atomic mass is 32.2. The molecule has 0 bridgehead atoms. The third kappa shape index (κ3) is 4.05. The van der Waals surface area contributed by atoms with E-state index in [1.165, 1.54) is 18.2 Å². The number of hydrogen-bond donors (Lipinski definition) is 1. The zero-order valence-electron chi connectivity index (χ0n) is 12.6. The minimum absolute atomic E-state index is 0.0189. The number of nitro groups is 1. The Morgan fingerprint density at radius 2 is 1.92 bits per heavy atom. The lowest BCUT2D eigenvalue weighted by atomic mass is 10.1. The van der Waals surface area contributed by atoms with Crippen molar-refractivity contribution in [3.63, 3.8) is 0 Å². The second-order valence-electron chi connectivity index (χ2n) is 5.09. The second-order valence-corrected chi connectivity index (χ2v) is 7.08. The van der Waals surface area contributed by atoms with Gasteiger partial charge in [0.05, 0.1) is 4.92 Å². The van der Waals surface area contributed by atoms with E-state index >= 15 is 0 Å². The van der Waals surface area contributed by atoms with Crippen LogP contribution >= 0.6 is 0 Å². The highest BCUT2D eigenvalue weighted by Gasteiger charge is 2.25. The van der Waals surface area contributed by atoms with Crippen LogP contribution in [0, 0.1) is 21.7 Å². The van der Waals surface area contributed by atoms with Crippen LogP contribution in [0.1, 0.15) is 5.56 Å². The van der Waals surface area contributed by atoms with E-state index in [1.54, 1.807) is 0 Å². The lowest BCUT2D eigenvalue weighted by Gasteiger charge is -2.10. The van der Waals surface area contributed by atoms with Crippen LogP contribution in [0.3, 0.4) is 0 Å². The van der Waals surface area contributed by atoms with E-state index in [2.05, 4.69) is 5.32 Å². The van der Waals surface area contributed by atoms with Crippen molar-refractivity contribution in [2.24, 2.45) is 0 Å².